The molecule has 1 aliphatic heterocycles. The molecule has 23 heavy (non-hydrogen) atoms. The first kappa shape index (κ1) is 17.6. The topological polar surface area (TPSA) is 79.4 Å². The standard InChI is InChI=1S/C16H27N5O2/c1-13(2)5-6-18-16(22)14-3-4-15(20-19-14)17-7-8-21-9-11-23-12-10-21/h3-4,13H,5-12H2,1-2H3,(H,17,20)(H,18,22). The van der Waals surface area contributed by atoms with Gasteiger partial charge in [-0.3, -0.25) is 9.69 Å². The summed E-state index contributed by atoms with van der Waals surface area (Å²) in [5, 5.41) is 14.1. The molecule has 0 atom stereocenters. The first-order valence-corrected chi connectivity index (χ1v) is 8.31. The molecular weight excluding hydrogens is 294 g/mol. The van der Waals surface area contributed by atoms with Crippen molar-refractivity contribution in [2.75, 3.05) is 51.3 Å². The molecule has 2 N–H and O–H groups in total. The van der Waals surface area contributed by atoms with Crippen molar-refractivity contribution in [2.24, 2.45) is 5.92 Å². The van der Waals surface area contributed by atoms with Crippen molar-refractivity contribution in [3.8, 4) is 0 Å². The van der Waals surface area contributed by atoms with Gasteiger partial charge < -0.3 is 15.4 Å². The van der Waals surface area contributed by atoms with Crippen molar-refractivity contribution >= 4 is 11.7 Å². The number of ether oxygens (including phenoxy) is 1. The molecule has 0 aliphatic carbocycles. The highest BCUT2D eigenvalue weighted by Crippen LogP contribution is 2.03. The van der Waals surface area contributed by atoms with Gasteiger partial charge in [-0.05, 0) is 24.5 Å². The number of morpholine rings is 1. The Balaban J connectivity index is 1.70. The molecule has 0 unspecified atom stereocenters. The molecule has 1 fully saturated rings. The number of hydrogen-bond donors (Lipinski definition) is 2. The van der Waals surface area contributed by atoms with Gasteiger partial charge in [-0.1, -0.05) is 13.8 Å². The van der Waals surface area contributed by atoms with Crippen LogP contribution in [0.4, 0.5) is 5.82 Å². The number of anilines is 1. The number of rotatable bonds is 8. The molecule has 1 saturated heterocycles. The van der Waals surface area contributed by atoms with Crippen LogP contribution in [0.15, 0.2) is 12.1 Å². The van der Waals surface area contributed by atoms with Crippen LogP contribution in [0.25, 0.3) is 0 Å². The molecule has 1 aromatic rings. The summed E-state index contributed by atoms with van der Waals surface area (Å²) < 4.78 is 5.32. The number of carbonyl (C=O) groups excluding carboxylic acids is 1. The Labute approximate surface area is 137 Å². The van der Waals surface area contributed by atoms with E-state index in [1.165, 1.54) is 0 Å². The summed E-state index contributed by atoms with van der Waals surface area (Å²) in [6.07, 6.45) is 0.959. The van der Waals surface area contributed by atoms with Crippen LogP contribution in [-0.4, -0.2) is 66.9 Å². The van der Waals surface area contributed by atoms with Crippen LogP contribution in [0, 0.1) is 5.92 Å². The minimum absolute atomic E-state index is 0.169. The Morgan fingerprint density at radius 2 is 2.04 bits per heavy atom. The van der Waals surface area contributed by atoms with Gasteiger partial charge in [0, 0.05) is 32.7 Å². The number of nitrogens with one attached hydrogen (secondary N) is 2. The number of nitrogens with zero attached hydrogens (tertiary/aromatic N) is 3. The Bertz CT molecular complexity index is 472. The van der Waals surface area contributed by atoms with Gasteiger partial charge >= 0.3 is 0 Å². The van der Waals surface area contributed by atoms with Crippen molar-refractivity contribution in [1.29, 1.82) is 0 Å². The maximum absolute atomic E-state index is 11.9. The SMILES string of the molecule is CC(C)CCNC(=O)c1ccc(NCCN2CCOCC2)nn1. The van der Waals surface area contributed by atoms with E-state index in [-0.39, 0.29) is 5.91 Å². The van der Waals surface area contributed by atoms with E-state index >= 15 is 0 Å². The van der Waals surface area contributed by atoms with E-state index in [0.29, 0.717) is 24.0 Å². The zero-order valence-electron chi connectivity index (χ0n) is 14.0. The smallest absolute Gasteiger partial charge is 0.271 e. The number of hydrogen-bond acceptors (Lipinski definition) is 6. The van der Waals surface area contributed by atoms with E-state index < -0.39 is 0 Å². The Morgan fingerprint density at radius 3 is 2.70 bits per heavy atom. The number of carbonyl (C=O) groups is 1. The zero-order chi connectivity index (χ0) is 16.5. The van der Waals surface area contributed by atoms with E-state index in [1.54, 1.807) is 12.1 Å². The zero-order valence-corrected chi connectivity index (χ0v) is 14.0. The van der Waals surface area contributed by atoms with Crippen LogP contribution in [0.2, 0.25) is 0 Å². The first-order valence-electron chi connectivity index (χ1n) is 8.31. The van der Waals surface area contributed by atoms with E-state index in [1.807, 2.05) is 0 Å². The summed E-state index contributed by atoms with van der Waals surface area (Å²) in [5.41, 5.74) is 0.354. The van der Waals surface area contributed by atoms with E-state index in [9.17, 15) is 4.79 Å². The summed E-state index contributed by atoms with van der Waals surface area (Å²) in [5.74, 6) is 1.09. The molecular formula is C16H27N5O2. The summed E-state index contributed by atoms with van der Waals surface area (Å²) in [6.45, 7) is 10.2. The average molecular weight is 321 g/mol. The second kappa shape index (κ2) is 9.42. The molecule has 0 saturated carbocycles. The predicted molar refractivity (Wildman–Crippen MR) is 89.6 cm³/mol. The third kappa shape index (κ3) is 6.50. The lowest BCUT2D eigenvalue weighted by atomic mass is 10.1. The average Bonchev–Trinajstić information content (AvgIpc) is 2.56. The molecule has 1 amide bonds. The lowest BCUT2D eigenvalue weighted by Gasteiger charge is -2.26. The van der Waals surface area contributed by atoms with Gasteiger partial charge in [0.2, 0.25) is 0 Å². The van der Waals surface area contributed by atoms with Crippen LogP contribution in [0.5, 0.6) is 0 Å². The maximum atomic E-state index is 11.9. The van der Waals surface area contributed by atoms with Crippen LogP contribution in [0.1, 0.15) is 30.8 Å². The molecule has 7 nitrogen and oxygen atoms in total. The lowest BCUT2D eigenvalue weighted by molar-refractivity contribution is 0.0398. The van der Waals surface area contributed by atoms with Gasteiger partial charge in [0.15, 0.2) is 5.69 Å². The fourth-order valence-electron chi connectivity index (χ4n) is 2.28. The molecule has 1 aliphatic rings. The van der Waals surface area contributed by atoms with Crippen molar-refractivity contribution in [1.82, 2.24) is 20.4 Å². The molecule has 0 aromatic carbocycles. The Hall–Kier alpha value is -1.73. The second-order valence-corrected chi connectivity index (χ2v) is 6.12. The number of amides is 1. The van der Waals surface area contributed by atoms with Crippen molar-refractivity contribution in [3.05, 3.63) is 17.8 Å². The minimum Gasteiger partial charge on any atom is -0.379 e. The quantitative estimate of drug-likeness (QED) is 0.743. The van der Waals surface area contributed by atoms with Crippen molar-refractivity contribution in [2.45, 2.75) is 20.3 Å². The summed E-state index contributed by atoms with van der Waals surface area (Å²) >= 11 is 0. The van der Waals surface area contributed by atoms with Crippen molar-refractivity contribution in [3.63, 3.8) is 0 Å². The van der Waals surface area contributed by atoms with Gasteiger partial charge in [-0.25, -0.2) is 0 Å². The molecule has 0 bridgehead atoms. The first-order chi connectivity index (χ1) is 11.1. The highest BCUT2D eigenvalue weighted by molar-refractivity contribution is 5.92. The number of aromatic nitrogens is 2. The lowest BCUT2D eigenvalue weighted by Crippen LogP contribution is -2.39. The molecule has 128 valence electrons. The fraction of sp³-hybridized carbons (Fsp3) is 0.688. The van der Waals surface area contributed by atoms with Crippen molar-refractivity contribution < 1.29 is 9.53 Å². The summed E-state index contributed by atoms with van der Waals surface area (Å²) in [4.78, 5) is 14.3. The molecule has 2 rings (SSSR count). The van der Waals surface area contributed by atoms with Crippen LogP contribution in [-0.2, 0) is 4.74 Å². The molecule has 0 spiro atoms. The molecule has 1 aromatic heterocycles. The third-order valence-corrected chi connectivity index (χ3v) is 3.74. The molecule has 7 heteroatoms. The third-order valence-electron chi connectivity index (χ3n) is 3.74. The van der Waals surface area contributed by atoms with E-state index in [4.69, 9.17) is 4.74 Å². The van der Waals surface area contributed by atoms with Crippen LogP contribution in [0.3, 0.4) is 0 Å². The van der Waals surface area contributed by atoms with Crippen LogP contribution >= 0.6 is 0 Å². The van der Waals surface area contributed by atoms with E-state index in [0.717, 1.165) is 45.8 Å². The minimum atomic E-state index is -0.169. The van der Waals surface area contributed by atoms with E-state index in [2.05, 4.69) is 39.6 Å². The molecule has 2 heterocycles. The van der Waals surface area contributed by atoms with Gasteiger partial charge in [-0.2, -0.15) is 0 Å². The van der Waals surface area contributed by atoms with Crippen LogP contribution < -0.4 is 10.6 Å². The fourth-order valence-corrected chi connectivity index (χ4v) is 2.28. The van der Waals surface area contributed by atoms with Gasteiger partial charge in [0.05, 0.1) is 13.2 Å². The summed E-state index contributed by atoms with van der Waals surface area (Å²) in [7, 11) is 0. The van der Waals surface area contributed by atoms with Gasteiger partial charge in [-0.15, -0.1) is 10.2 Å². The maximum Gasteiger partial charge on any atom is 0.271 e. The highest BCUT2D eigenvalue weighted by atomic mass is 16.5. The predicted octanol–water partition coefficient (Wildman–Crippen LogP) is 0.997. The highest BCUT2D eigenvalue weighted by Gasteiger charge is 2.10. The van der Waals surface area contributed by atoms with Gasteiger partial charge in [0.25, 0.3) is 5.91 Å². The Morgan fingerprint density at radius 1 is 1.26 bits per heavy atom. The Kier molecular flexibility index (Phi) is 7.22. The summed E-state index contributed by atoms with van der Waals surface area (Å²) in [6, 6.07) is 3.50. The van der Waals surface area contributed by atoms with Gasteiger partial charge in [0.1, 0.15) is 5.82 Å². The largest absolute Gasteiger partial charge is 0.379 e. The monoisotopic (exact) mass is 321 g/mol. The molecule has 0 radical (unpaired) electrons. The second-order valence-electron chi connectivity index (χ2n) is 6.12. The normalized spacial score (nSPS) is 15.6.